The van der Waals surface area contributed by atoms with Gasteiger partial charge in [-0.15, -0.1) is 0 Å². The van der Waals surface area contributed by atoms with Crippen molar-refractivity contribution in [3.8, 4) is 11.4 Å². The molecule has 3 N–H and O–H groups in total. The zero-order valence-corrected chi connectivity index (χ0v) is 22.1. The molecule has 0 saturated heterocycles. The average molecular weight is 495 g/mol. The Kier molecular flexibility index (Phi) is 8.38. The highest BCUT2D eigenvalue weighted by atomic mass is 16.6. The number of aliphatic carboxylic acids is 1. The van der Waals surface area contributed by atoms with Crippen LogP contribution in [0.15, 0.2) is 42.5 Å². The molecule has 3 aromatic rings. The molecule has 8 heteroatoms. The number of carboxylic acid groups (broad SMARTS) is 1. The number of ether oxygens (including phenoxy) is 1. The van der Waals surface area contributed by atoms with Gasteiger partial charge in [0.1, 0.15) is 11.4 Å². The molecule has 1 unspecified atom stereocenters. The van der Waals surface area contributed by atoms with Crippen LogP contribution in [-0.4, -0.2) is 38.0 Å². The number of carbonyl (C=O) groups excluding carboxylic acids is 1. The molecule has 0 fully saturated rings. The third-order valence-corrected chi connectivity index (χ3v) is 6.11. The van der Waals surface area contributed by atoms with E-state index in [1.165, 1.54) is 0 Å². The summed E-state index contributed by atoms with van der Waals surface area (Å²) in [5, 5.41) is 22.1. The number of aromatic nitrogens is 3. The standard InChI is InChI=1S/C28H38N4O4/c1-27(2,3)21(25(33)34)13-9-10-14-22(29-26(35)36-28(4,5)6)24-30-23(31-32-24)20-16-15-18-11-7-8-12-19(18)17-20/h7-8,11-12,15-17,21-22H,9-10,13-14H2,1-6H3,(H,29,35)(H,33,34)(H,30,31,32)/t21?,22-/m0/s1. The Balaban J connectivity index is 1.75. The maximum absolute atomic E-state index is 12.6. The molecule has 0 bridgehead atoms. The van der Waals surface area contributed by atoms with E-state index in [-0.39, 0.29) is 5.41 Å². The largest absolute Gasteiger partial charge is 0.481 e. The Morgan fingerprint density at radius 3 is 2.31 bits per heavy atom. The predicted octanol–water partition coefficient (Wildman–Crippen LogP) is 6.50. The number of rotatable bonds is 9. The molecule has 1 amide bonds. The van der Waals surface area contributed by atoms with E-state index in [9.17, 15) is 14.7 Å². The van der Waals surface area contributed by atoms with Gasteiger partial charge >= 0.3 is 12.1 Å². The summed E-state index contributed by atoms with van der Waals surface area (Å²) in [6, 6.07) is 13.7. The van der Waals surface area contributed by atoms with Crippen molar-refractivity contribution in [3.63, 3.8) is 0 Å². The first-order valence-corrected chi connectivity index (χ1v) is 12.5. The van der Waals surface area contributed by atoms with Crippen LogP contribution >= 0.6 is 0 Å². The maximum Gasteiger partial charge on any atom is 0.408 e. The van der Waals surface area contributed by atoms with Crippen LogP contribution in [0.1, 0.15) is 79.1 Å². The van der Waals surface area contributed by atoms with Crippen LogP contribution in [0.2, 0.25) is 0 Å². The Hall–Kier alpha value is -3.42. The molecule has 0 aliphatic rings. The number of aromatic amines is 1. The van der Waals surface area contributed by atoms with Gasteiger partial charge < -0.3 is 15.2 Å². The summed E-state index contributed by atoms with van der Waals surface area (Å²) >= 11 is 0. The van der Waals surface area contributed by atoms with Gasteiger partial charge in [-0.3, -0.25) is 9.89 Å². The van der Waals surface area contributed by atoms with Gasteiger partial charge in [-0.05, 0) is 55.9 Å². The van der Waals surface area contributed by atoms with Gasteiger partial charge in [0, 0.05) is 5.56 Å². The SMILES string of the molecule is CC(C)(C)OC(=O)N[C@@H](CCCCC(C(=O)O)C(C)(C)C)c1nc(-c2ccc3ccccc3c2)n[nH]1. The van der Waals surface area contributed by atoms with Crippen molar-refractivity contribution >= 4 is 22.8 Å². The van der Waals surface area contributed by atoms with Gasteiger partial charge in [-0.25, -0.2) is 9.78 Å². The lowest BCUT2D eigenvalue weighted by Gasteiger charge is -2.27. The van der Waals surface area contributed by atoms with E-state index in [0.29, 0.717) is 37.3 Å². The van der Waals surface area contributed by atoms with Gasteiger partial charge in [0.2, 0.25) is 0 Å². The minimum Gasteiger partial charge on any atom is -0.481 e. The first-order valence-electron chi connectivity index (χ1n) is 12.5. The highest BCUT2D eigenvalue weighted by Gasteiger charge is 2.30. The smallest absolute Gasteiger partial charge is 0.408 e. The molecule has 3 rings (SSSR count). The first-order chi connectivity index (χ1) is 16.8. The molecule has 194 valence electrons. The number of H-pyrrole nitrogens is 1. The van der Waals surface area contributed by atoms with E-state index >= 15 is 0 Å². The van der Waals surface area contributed by atoms with Crippen LogP contribution < -0.4 is 5.32 Å². The Morgan fingerprint density at radius 1 is 1.00 bits per heavy atom. The number of unbranched alkanes of at least 4 members (excludes halogenated alkanes) is 1. The van der Waals surface area contributed by atoms with Crippen LogP contribution in [0.3, 0.4) is 0 Å². The summed E-state index contributed by atoms with van der Waals surface area (Å²) in [4.78, 5) is 28.9. The third kappa shape index (κ3) is 7.54. The summed E-state index contributed by atoms with van der Waals surface area (Å²) in [5.74, 6) is -0.124. The van der Waals surface area contributed by atoms with E-state index in [0.717, 1.165) is 16.3 Å². The topological polar surface area (TPSA) is 117 Å². The van der Waals surface area contributed by atoms with E-state index in [2.05, 4.69) is 26.6 Å². The number of alkyl carbamates (subject to hydrolysis) is 1. The Morgan fingerprint density at radius 2 is 1.67 bits per heavy atom. The minimum absolute atomic E-state index is 0.320. The van der Waals surface area contributed by atoms with Gasteiger partial charge in [-0.1, -0.05) is 70.0 Å². The maximum atomic E-state index is 12.6. The summed E-state index contributed by atoms with van der Waals surface area (Å²) < 4.78 is 5.46. The number of benzene rings is 2. The van der Waals surface area contributed by atoms with Crippen molar-refractivity contribution in [1.82, 2.24) is 20.5 Å². The lowest BCUT2D eigenvalue weighted by atomic mass is 9.78. The third-order valence-electron chi connectivity index (χ3n) is 6.11. The van der Waals surface area contributed by atoms with Gasteiger partial charge in [0.05, 0.1) is 12.0 Å². The van der Waals surface area contributed by atoms with Crippen LogP contribution in [0.4, 0.5) is 4.79 Å². The van der Waals surface area contributed by atoms with Crippen LogP contribution in [-0.2, 0) is 9.53 Å². The number of nitrogens with zero attached hydrogens (tertiary/aromatic N) is 2. The highest BCUT2D eigenvalue weighted by Crippen LogP contribution is 2.31. The molecule has 2 atom stereocenters. The van der Waals surface area contributed by atoms with Crippen molar-refractivity contribution in [1.29, 1.82) is 0 Å². The van der Waals surface area contributed by atoms with Gasteiger partial charge in [0.25, 0.3) is 0 Å². The predicted molar refractivity (Wildman–Crippen MR) is 140 cm³/mol. The van der Waals surface area contributed by atoms with E-state index < -0.39 is 29.6 Å². The van der Waals surface area contributed by atoms with E-state index in [4.69, 9.17) is 4.74 Å². The Labute approximate surface area is 212 Å². The molecular weight excluding hydrogens is 456 g/mol. The van der Waals surface area contributed by atoms with Crippen molar-refractivity contribution in [3.05, 3.63) is 48.3 Å². The summed E-state index contributed by atoms with van der Waals surface area (Å²) in [5.41, 5.74) is -0.0744. The number of hydrogen-bond donors (Lipinski definition) is 3. The molecule has 0 spiro atoms. The van der Waals surface area contributed by atoms with Crippen molar-refractivity contribution < 1.29 is 19.4 Å². The average Bonchev–Trinajstić information content (AvgIpc) is 3.25. The van der Waals surface area contributed by atoms with Gasteiger partial charge in [-0.2, -0.15) is 5.10 Å². The number of carboxylic acids is 1. The first kappa shape index (κ1) is 27.2. The quantitative estimate of drug-likeness (QED) is 0.292. The van der Waals surface area contributed by atoms with Crippen molar-refractivity contribution in [2.45, 2.75) is 78.9 Å². The molecule has 0 saturated carbocycles. The molecule has 0 aliphatic carbocycles. The second kappa shape index (κ2) is 11.1. The number of carbonyl (C=O) groups is 2. The molecule has 0 aliphatic heterocycles. The van der Waals surface area contributed by atoms with Crippen molar-refractivity contribution in [2.75, 3.05) is 0 Å². The second-order valence-corrected chi connectivity index (χ2v) is 11.3. The number of hydrogen-bond acceptors (Lipinski definition) is 5. The molecule has 1 aromatic heterocycles. The molecule has 1 heterocycles. The minimum atomic E-state index is -0.777. The number of fused-ring (bicyclic) bond motifs is 1. The van der Waals surface area contributed by atoms with Crippen LogP contribution in [0.25, 0.3) is 22.2 Å². The summed E-state index contributed by atoms with van der Waals surface area (Å²) in [7, 11) is 0. The lowest BCUT2D eigenvalue weighted by Crippen LogP contribution is -2.35. The molecule has 0 radical (unpaired) electrons. The van der Waals surface area contributed by atoms with Crippen molar-refractivity contribution in [2.24, 2.45) is 11.3 Å². The fourth-order valence-corrected chi connectivity index (χ4v) is 4.24. The number of amides is 1. The van der Waals surface area contributed by atoms with E-state index in [1.807, 2.05) is 77.9 Å². The fourth-order valence-electron chi connectivity index (χ4n) is 4.24. The number of nitrogens with one attached hydrogen (secondary N) is 2. The normalized spacial score (nSPS) is 13.8. The highest BCUT2D eigenvalue weighted by molar-refractivity contribution is 5.86. The lowest BCUT2D eigenvalue weighted by molar-refractivity contribution is -0.145. The van der Waals surface area contributed by atoms with Gasteiger partial charge in [0.15, 0.2) is 5.82 Å². The summed E-state index contributed by atoms with van der Waals surface area (Å²) in [6.07, 6.45) is 2.03. The molecule has 36 heavy (non-hydrogen) atoms. The zero-order valence-electron chi connectivity index (χ0n) is 22.1. The molecule has 2 aromatic carbocycles. The zero-order chi connectivity index (χ0) is 26.5. The molecular formula is C28H38N4O4. The summed E-state index contributed by atoms with van der Waals surface area (Å²) in [6.45, 7) is 11.3. The molecule has 8 nitrogen and oxygen atoms in total. The van der Waals surface area contributed by atoms with Crippen LogP contribution in [0, 0.1) is 11.3 Å². The fraction of sp³-hybridized carbons (Fsp3) is 0.500. The Bertz CT molecular complexity index is 1190. The second-order valence-electron chi connectivity index (χ2n) is 11.3. The monoisotopic (exact) mass is 494 g/mol. The van der Waals surface area contributed by atoms with E-state index in [1.54, 1.807) is 0 Å². The van der Waals surface area contributed by atoms with Crippen LogP contribution in [0.5, 0.6) is 0 Å².